The number of fused-ring (bicyclic) bond motifs is 2. The Morgan fingerprint density at radius 2 is 1.02 bits per heavy atom. The highest BCUT2D eigenvalue weighted by molar-refractivity contribution is 5.85. The first-order chi connectivity index (χ1) is 21.1. The van der Waals surface area contributed by atoms with Gasteiger partial charge in [0.25, 0.3) is 0 Å². The van der Waals surface area contributed by atoms with Crippen LogP contribution in [0.5, 0.6) is 0 Å². The second-order valence-electron chi connectivity index (χ2n) is 10.3. The number of allylic oxidation sites excluding steroid dienone is 1. The molecule has 0 fully saturated rings. The summed E-state index contributed by atoms with van der Waals surface area (Å²) in [7, 11) is 0. The second-order valence-corrected chi connectivity index (χ2v) is 10.3. The van der Waals surface area contributed by atoms with Crippen LogP contribution in [0, 0.1) is 0 Å². The van der Waals surface area contributed by atoms with Crippen LogP contribution in [0.25, 0.3) is 0 Å². The number of nitrogens with two attached hydrogens (primary N) is 1. The van der Waals surface area contributed by atoms with Crippen molar-refractivity contribution in [2.75, 3.05) is 15.5 Å². The molecule has 5 aromatic carbocycles. The van der Waals surface area contributed by atoms with Crippen molar-refractivity contribution in [1.82, 2.24) is 0 Å². The molecule has 0 radical (unpaired) electrons. The molecule has 2 heterocycles. The van der Waals surface area contributed by atoms with E-state index in [1.54, 1.807) is 6.08 Å². The van der Waals surface area contributed by atoms with Crippen LogP contribution >= 0.6 is 0 Å². The fourth-order valence-electron chi connectivity index (χ4n) is 4.87. The van der Waals surface area contributed by atoms with E-state index in [0.717, 1.165) is 42.3 Å². The predicted octanol–water partition coefficient (Wildman–Crippen LogP) is 9.10. The Morgan fingerprint density at radius 1 is 0.605 bits per heavy atom. The molecule has 5 heteroatoms. The lowest BCUT2D eigenvalue weighted by Gasteiger charge is -2.24. The number of benzene rings is 5. The van der Waals surface area contributed by atoms with Crippen molar-refractivity contribution in [3.8, 4) is 0 Å². The molecule has 0 aromatic heterocycles. The van der Waals surface area contributed by atoms with Crippen molar-refractivity contribution < 1.29 is 0 Å². The Labute approximate surface area is 255 Å². The summed E-state index contributed by atoms with van der Waals surface area (Å²) in [6.45, 7) is 7.00. The molecule has 0 saturated carbocycles. The van der Waals surface area contributed by atoms with E-state index in [4.69, 9.17) is 5.73 Å². The molecule has 2 N–H and O–H groups in total. The monoisotopic (exact) mass is 563 g/mol. The number of hydrogen-bond acceptors (Lipinski definition) is 5. The Hall–Kier alpha value is -5.42. The third kappa shape index (κ3) is 7.86. The number of hydrogen-bond donors (Lipinski definition) is 1. The Kier molecular flexibility index (Phi) is 9.78. The summed E-state index contributed by atoms with van der Waals surface area (Å²) in [5.41, 5.74) is 16.1. The van der Waals surface area contributed by atoms with Crippen molar-refractivity contribution in [2.24, 2.45) is 9.98 Å². The maximum atomic E-state index is 5.74. The van der Waals surface area contributed by atoms with Crippen LogP contribution < -0.4 is 15.5 Å². The van der Waals surface area contributed by atoms with Crippen molar-refractivity contribution in [2.45, 2.75) is 26.4 Å². The first kappa shape index (κ1) is 29.1. The number of anilines is 3. The van der Waals surface area contributed by atoms with Gasteiger partial charge in [-0.2, -0.15) is 0 Å². The largest absolute Gasteiger partial charge is 0.399 e. The van der Waals surface area contributed by atoms with Crippen LogP contribution in [0.3, 0.4) is 0 Å². The standard InChI is InChI=1S/C21H19N3.C14H12N2.C3H6/c22-19-9-5-16(6-10-19)13-17-7-11-20(12-8-17)24-14-18-3-1-2-4-21(18)23-15-24;1-2-7-13(8-3-1)16-10-12-6-4-5-9-14(12)15-11-16;1-3-2/h1-12,15H,13-14,22H2;1-9,11H,10H2;3H,1H2,2H3. The van der Waals surface area contributed by atoms with Gasteiger partial charge in [0, 0.05) is 17.1 Å². The summed E-state index contributed by atoms with van der Waals surface area (Å²) in [5.74, 6) is 0. The lowest BCUT2D eigenvalue weighted by atomic mass is 10.0. The van der Waals surface area contributed by atoms with Gasteiger partial charge in [0.05, 0.1) is 37.1 Å². The summed E-state index contributed by atoms with van der Waals surface area (Å²) < 4.78 is 0. The molecule has 0 amide bonds. The number of rotatable bonds is 4. The molecule has 0 aliphatic carbocycles. The zero-order valence-corrected chi connectivity index (χ0v) is 24.6. The van der Waals surface area contributed by atoms with Gasteiger partial charge in [-0.05, 0) is 84.1 Å². The normalized spacial score (nSPS) is 12.6. The maximum absolute atomic E-state index is 5.74. The summed E-state index contributed by atoms with van der Waals surface area (Å²) in [6.07, 6.45) is 6.48. The van der Waals surface area contributed by atoms with Gasteiger partial charge in [-0.25, -0.2) is 9.98 Å². The Morgan fingerprint density at radius 3 is 1.53 bits per heavy atom. The Bertz CT molecular complexity index is 1670. The van der Waals surface area contributed by atoms with Gasteiger partial charge in [0.1, 0.15) is 0 Å². The SMILES string of the molecule is C1=Nc2ccccc2CN1c1ccccc1.C=CC.Nc1ccc(Cc2ccc(N3C=Nc4ccccc4C3)cc2)cc1. The molecule has 0 bridgehead atoms. The third-order valence-electron chi connectivity index (χ3n) is 7.08. The molecule has 2 aliphatic rings. The number of nitrogens with zero attached hydrogens (tertiary/aromatic N) is 4. The molecule has 0 unspecified atom stereocenters. The molecular weight excluding hydrogens is 526 g/mol. The minimum absolute atomic E-state index is 0.804. The maximum Gasteiger partial charge on any atom is 0.0960 e. The fraction of sp³-hybridized carbons (Fsp3) is 0.105. The summed E-state index contributed by atoms with van der Waals surface area (Å²) in [6, 6.07) is 43.6. The molecule has 5 aromatic rings. The van der Waals surface area contributed by atoms with Gasteiger partial charge in [-0.15, -0.1) is 6.58 Å². The van der Waals surface area contributed by atoms with E-state index in [2.05, 4.69) is 105 Å². The van der Waals surface area contributed by atoms with Gasteiger partial charge in [0.15, 0.2) is 0 Å². The molecular formula is C38H37N5. The van der Waals surface area contributed by atoms with Gasteiger partial charge in [-0.3, -0.25) is 0 Å². The summed E-state index contributed by atoms with van der Waals surface area (Å²) in [5, 5.41) is 0. The first-order valence-electron chi connectivity index (χ1n) is 14.5. The van der Waals surface area contributed by atoms with E-state index in [1.807, 2.05) is 68.1 Å². The van der Waals surface area contributed by atoms with Gasteiger partial charge in [0.2, 0.25) is 0 Å². The second kappa shape index (κ2) is 14.5. The smallest absolute Gasteiger partial charge is 0.0960 e. The van der Waals surface area contributed by atoms with Gasteiger partial charge < -0.3 is 15.5 Å². The number of para-hydroxylation sites is 3. The third-order valence-corrected chi connectivity index (χ3v) is 7.08. The first-order valence-corrected chi connectivity index (χ1v) is 14.5. The molecule has 0 spiro atoms. The van der Waals surface area contributed by atoms with E-state index in [1.165, 1.54) is 27.9 Å². The average Bonchev–Trinajstić information content (AvgIpc) is 3.07. The molecule has 43 heavy (non-hydrogen) atoms. The molecule has 2 aliphatic heterocycles. The minimum atomic E-state index is 0.804. The highest BCUT2D eigenvalue weighted by atomic mass is 15.2. The highest BCUT2D eigenvalue weighted by Gasteiger charge is 2.13. The molecule has 7 rings (SSSR count). The quantitative estimate of drug-likeness (QED) is 0.175. The topological polar surface area (TPSA) is 57.2 Å². The minimum Gasteiger partial charge on any atom is -0.399 e. The zero-order valence-electron chi connectivity index (χ0n) is 24.6. The molecule has 5 nitrogen and oxygen atoms in total. The number of aliphatic imine (C=N–C) groups is 2. The van der Waals surface area contributed by atoms with E-state index in [0.29, 0.717) is 0 Å². The van der Waals surface area contributed by atoms with Crippen molar-refractivity contribution in [3.63, 3.8) is 0 Å². The van der Waals surface area contributed by atoms with Crippen LogP contribution in [-0.2, 0) is 19.5 Å². The predicted molar refractivity (Wildman–Crippen MR) is 184 cm³/mol. The lowest BCUT2D eigenvalue weighted by molar-refractivity contribution is 0.995. The fourth-order valence-corrected chi connectivity index (χ4v) is 4.87. The number of nitrogen functional groups attached to an aromatic ring is 1. The van der Waals surface area contributed by atoms with Crippen LogP contribution in [0.1, 0.15) is 29.2 Å². The van der Waals surface area contributed by atoms with E-state index >= 15 is 0 Å². The lowest BCUT2D eigenvalue weighted by Crippen LogP contribution is -2.23. The Balaban J connectivity index is 0.000000167. The van der Waals surface area contributed by atoms with Crippen molar-refractivity contribution >= 4 is 41.1 Å². The van der Waals surface area contributed by atoms with Crippen LogP contribution in [0.2, 0.25) is 0 Å². The van der Waals surface area contributed by atoms with E-state index in [9.17, 15) is 0 Å². The van der Waals surface area contributed by atoms with Crippen LogP contribution in [0.4, 0.5) is 28.4 Å². The van der Waals surface area contributed by atoms with Crippen molar-refractivity contribution in [1.29, 1.82) is 0 Å². The molecule has 0 saturated heterocycles. The molecule has 214 valence electrons. The van der Waals surface area contributed by atoms with Gasteiger partial charge in [-0.1, -0.05) is 84.9 Å². The van der Waals surface area contributed by atoms with Crippen LogP contribution in [0.15, 0.2) is 150 Å². The van der Waals surface area contributed by atoms with E-state index < -0.39 is 0 Å². The van der Waals surface area contributed by atoms with E-state index in [-0.39, 0.29) is 0 Å². The highest BCUT2D eigenvalue weighted by Crippen LogP contribution is 2.28. The average molecular weight is 564 g/mol. The zero-order chi connectivity index (χ0) is 29.9. The molecule has 0 atom stereocenters. The van der Waals surface area contributed by atoms with Gasteiger partial charge >= 0.3 is 0 Å². The van der Waals surface area contributed by atoms with Crippen molar-refractivity contribution in [3.05, 3.63) is 162 Å². The summed E-state index contributed by atoms with van der Waals surface area (Å²) in [4.78, 5) is 13.3. The summed E-state index contributed by atoms with van der Waals surface area (Å²) >= 11 is 0. The van der Waals surface area contributed by atoms with Crippen LogP contribution in [-0.4, -0.2) is 12.7 Å².